The molecule has 40 heavy (non-hydrogen) atoms. The topological polar surface area (TPSA) is 79.7 Å². The Hall–Kier alpha value is -3.00. The van der Waals surface area contributed by atoms with E-state index in [2.05, 4.69) is 15.2 Å². The van der Waals surface area contributed by atoms with Crippen molar-refractivity contribution in [1.82, 2.24) is 24.9 Å². The predicted octanol–water partition coefficient (Wildman–Crippen LogP) is 4.52. The van der Waals surface area contributed by atoms with Gasteiger partial charge >= 0.3 is 18.4 Å². The van der Waals surface area contributed by atoms with Crippen molar-refractivity contribution in [2.24, 2.45) is 11.8 Å². The second kappa shape index (κ2) is 11.9. The SMILES string of the molecule is CCn1ncc(CN2CC3CN(C(=O)OC(C(F)(F)F)C(F)(F)F)CC3C2)c1C(=O)NCCc1cccc(Cl)c1. The van der Waals surface area contributed by atoms with Crippen LogP contribution in [-0.4, -0.2) is 82.8 Å². The van der Waals surface area contributed by atoms with Gasteiger partial charge in [0.15, 0.2) is 0 Å². The van der Waals surface area contributed by atoms with E-state index in [-0.39, 0.29) is 30.8 Å². The first-order chi connectivity index (χ1) is 18.8. The molecule has 0 aliphatic carbocycles. The van der Waals surface area contributed by atoms with Crippen molar-refractivity contribution >= 4 is 23.6 Å². The summed E-state index contributed by atoms with van der Waals surface area (Å²) >= 11 is 6.01. The van der Waals surface area contributed by atoms with E-state index in [9.17, 15) is 35.9 Å². The Morgan fingerprint density at radius 3 is 2.33 bits per heavy atom. The molecule has 0 radical (unpaired) electrons. The molecule has 2 amide bonds. The highest BCUT2D eigenvalue weighted by Crippen LogP contribution is 2.37. The maximum absolute atomic E-state index is 13.0. The highest BCUT2D eigenvalue weighted by atomic mass is 35.5. The Bertz CT molecular complexity index is 1190. The van der Waals surface area contributed by atoms with Gasteiger partial charge in [0.1, 0.15) is 5.69 Å². The maximum Gasteiger partial charge on any atom is 0.434 e. The minimum absolute atomic E-state index is 0.0203. The Labute approximate surface area is 231 Å². The van der Waals surface area contributed by atoms with Crippen LogP contribution in [0.4, 0.5) is 31.1 Å². The molecule has 1 aromatic carbocycles. The third-order valence-electron chi connectivity index (χ3n) is 7.05. The van der Waals surface area contributed by atoms with Gasteiger partial charge in [-0.2, -0.15) is 31.4 Å². The van der Waals surface area contributed by atoms with Crippen molar-refractivity contribution in [2.45, 2.75) is 44.9 Å². The van der Waals surface area contributed by atoms with Crippen molar-refractivity contribution in [3.05, 3.63) is 52.3 Å². The van der Waals surface area contributed by atoms with Crippen LogP contribution in [0.2, 0.25) is 5.02 Å². The number of ether oxygens (including phenoxy) is 1. The zero-order valence-electron chi connectivity index (χ0n) is 21.4. The number of fused-ring (bicyclic) bond motifs is 1. The number of alkyl halides is 6. The molecule has 0 bridgehead atoms. The summed E-state index contributed by atoms with van der Waals surface area (Å²) in [6, 6.07) is 7.34. The molecule has 2 unspecified atom stereocenters. The number of benzene rings is 1. The van der Waals surface area contributed by atoms with E-state index in [1.54, 1.807) is 16.9 Å². The number of aromatic nitrogens is 2. The van der Waals surface area contributed by atoms with Crippen molar-refractivity contribution in [3.63, 3.8) is 0 Å². The number of halogens is 7. The first kappa shape index (κ1) is 30.0. The normalized spacial score (nSPS) is 19.8. The summed E-state index contributed by atoms with van der Waals surface area (Å²) in [4.78, 5) is 28.1. The number of likely N-dealkylation sites (tertiary alicyclic amines) is 2. The second-order valence-corrected chi connectivity index (χ2v) is 10.4. The largest absolute Gasteiger partial charge is 0.434 e. The Morgan fingerprint density at radius 1 is 1.10 bits per heavy atom. The number of nitrogens with zero attached hydrogens (tertiary/aromatic N) is 4. The minimum Gasteiger partial charge on any atom is -0.426 e. The Kier molecular flexibility index (Phi) is 8.88. The monoisotopic (exact) mass is 595 g/mol. The van der Waals surface area contributed by atoms with Crippen molar-refractivity contribution in [2.75, 3.05) is 32.7 Å². The standard InChI is InChI=1S/C25H28ClF6N5O3/c1-2-37-20(21(38)33-7-6-15-4-3-5-19(26)8-15)16(9-34-37)10-35-11-17-13-36(14-18(17)12-35)23(39)40-22(24(27,28)29)25(30,31)32/h3-5,8-9,17-18,22H,2,6-7,10-14H2,1H3,(H,33,38). The summed E-state index contributed by atoms with van der Waals surface area (Å²) in [6.07, 6.45) is -15.1. The molecule has 0 saturated carbocycles. The summed E-state index contributed by atoms with van der Waals surface area (Å²) in [6.45, 7) is 3.94. The number of aryl methyl sites for hydroxylation is 1. The smallest absolute Gasteiger partial charge is 0.426 e. The molecule has 2 atom stereocenters. The van der Waals surface area contributed by atoms with Crippen LogP contribution < -0.4 is 5.32 Å². The van der Waals surface area contributed by atoms with E-state index >= 15 is 0 Å². The average Bonchev–Trinajstić information content (AvgIpc) is 3.54. The van der Waals surface area contributed by atoms with Crippen LogP contribution in [0, 0.1) is 11.8 Å². The van der Waals surface area contributed by atoms with Gasteiger partial charge in [-0.05, 0) is 42.9 Å². The molecule has 4 rings (SSSR count). The molecule has 2 aromatic rings. The van der Waals surface area contributed by atoms with Gasteiger partial charge in [0.05, 0.1) is 6.20 Å². The number of amides is 2. The number of hydrogen-bond donors (Lipinski definition) is 1. The van der Waals surface area contributed by atoms with Crippen LogP contribution in [0.1, 0.15) is 28.5 Å². The van der Waals surface area contributed by atoms with Gasteiger partial charge in [-0.25, -0.2) is 4.79 Å². The molecule has 2 saturated heterocycles. The lowest BCUT2D eigenvalue weighted by Crippen LogP contribution is -2.48. The summed E-state index contributed by atoms with van der Waals surface area (Å²) in [5, 5.41) is 7.83. The Morgan fingerprint density at radius 2 is 1.75 bits per heavy atom. The summed E-state index contributed by atoms with van der Waals surface area (Å²) in [5.74, 6) is -0.591. The van der Waals surface area contributed by atoms with Crippen LogP contribution in [0.5, 0.6) is 0 Å². The van der Waals surface area contributed by atoms with Crippen LogP contribution in [0.25, 0.3) is 0 Å². The third-order valence-corrected chi connectivity index (χ3v) is 7.28. The lowest BCUT2D eigenvalue weighted by molar-refractivity contribution is -0.308. The number of nitrogens with one attached hydrogen (secondary N) is 1. The van der Waals surface area contributed by atoms with Gasteiger partial charge in [-0.1, -0.05) is 23.7 Å². The van der Waals surface area contributed by atoms with E-state index in [0.29, 0.717) is 55.4 Å². The van der Waals surface area contributed by atoms with Gasteiger partial charge in [0.2, 0.25) is 0 Å². The van der Waals surface area contributed by atoms with E-state index in [1.807, 2.05) is 30.0 Å². The fourth-order valence-corrected chi connectivity index (χ4v) is 5.46. The van der Waals surface area contributed by atoms with E-state index in [1.165, 1.54) is 0 Å². The second-order valence-electron chi connectivity index (χ2n) is 9.94. The van der Waals surface area contributed by atoms with Gasteiger partial charge < -0.3 is 15.0 Å². The molecule has 2 fully saturated rings. The van der Waals surface area contributed by atoms with Crippen LogP contribution in [-0.2, 0) is 24.2 Å². The zero-order valence-corrected chi connectivity index (χ0v) is 22.2. The van der Waals surface area contributed by atoms with Crippen LogP contribution in [0.15, 0.2) is 30.5 Å². The van der Waals surface area contributed by atoms with Crippen LogP contribution in [0.3, 0.4) is 0 Å². The average molecular weight is 596 g/mol. The molecule has 8 nitrogen and oxygen atoms in total. The van der Waals surface area contributed by atoms with Crippen molar-refractivity contribution in [1.29, 1.82) is 0 Å². The lowest BCUT2D eigenvalue weighted by Gasteiger charge is -2.26. The lowest BCUT2D eigenvalue weighted by atomic mass is 10.0. The summed E-state index contributed by atoms with van der Waals surface area (Å²) < 4.78 is 82.0. The van der Waals surface area contributed by atoms with Gasteiger partial charge in [0, 0.05) is 56.4 Å². The zero-order chi connectivity index (χ0) is 29.2. The highest BCUT2D eigenvalue weighted by molar-refractivity contribution is 6.30. The van der Waals surface area contributed by atoms with Gasteiger partial charge in [0.25, 0.3) is 12.0 Å². The molecule has 220 valence electrons. The minimum atomic E-state index is -5.76. The fraction of sp³-hybridized carbons (Fsp3) is 0.560. The molecular formula is C25H28ClF6N5O3. The molecular weight excluding hydrogens is 568 g/mol. The molecule has 15 heteroatoms. The summed E-state index contributed by atoms with van der Waals surface area (Å²) in [5.41, 5.74) is 2.09. The number of carbonyl (C=O) groups is 2. The van der Waals surface area contributed by atoms with Crippen molar-refractivity contribution in [3.8, 4) is 0 Å². The summed E-state index contributed by atoms with van der Waals surface area (Å²) in [7, 11) is 0. The quantitative estimate of drug-likeness (QED) is 0.454. The number of hydrogen-bond acceptors (Lipinski definition) is 5. The molecule has 3 heterocycles. The van der Waals surface area contributed by atoms with E-state index < -0.39 is 24.5 Å². The number of rotatable bonds is 8. The van der Waals surface area contributed by atoms with Gasteiger partial charge in [-0.3, -0.25) is 14.4 Å². The van der Waals surface area contributed by atoms with Crippen LogP contribution >= 0.6 is 11.6 Å². The van der Waals surface area contributed by atoms with E-state index in [0.717, 1.165) is 10.5 Å². The predicted molar refractivity (Wildman–Crippen MR) is 132 cm³/mol. The number of carbonyl (C=O) groups excluding carboxylic acids is 2. The fourth-order valence-electron chi connectivity index (χ4n) is 5.24. The highest BCUT2D eigenvalue weighted by Gasteiger charge is 2.60. The molecule has 1 aromatic heterocycles. The van der Waals surface area contributed by atoms with E-state index in [4.69, 9.17) is 11.6 Å². The first-order valence-corrected chi connectivity index (χ1v) is 13.0. The van der Waals surface area contributed by atoms with Gasteiger partial charge in [-0.15, -0.1) is 0 Å². The molecule has 2 aliphatic rings. The molecule has 1 N–H and O–H groups in total. The third kappa shape index (κ3) is 7.00. The maximum atomic E-state index is 13.0. The van der Waals surface area contributed by atoms with Crippen molar-refractivity contribution < 1.29 is 40.7 Å². The molecule has 2 aliphatic heterocycles. The first-order valence-electron chi connectivity index (χ1n) is 12.6. The molecule has 0 spiro atoms. The Balaban J connectivity index is 1.32.